The molecule has 1 atom stereocenters. The Morgan fingerprint density at radius 2 is 1.76 bits per heavy atom. The van der Waals surface area contributed by atoms with Gasteiger partial charge in [0.2, 0.25) is 0 Å². The van der Waals surface area contributed by atoms with Crippen LogP contribution in [-0.4, -0.2) is 65.6 Å². The Kier molecular flexibility index (Phi) is 8.23. The second-order valence-corrected chi connectivity index (χ2v) is 12.3. The second-order valence-electron chi connectivity index (χ2n) is 11.5. The number of hydrogen-bond donors (Lipinski definition) is 2. The summed E-state index contributed by atoms with van der Waals surface area (Å²) in [5, 5.41) is 7.12. The molecule has 3 aromatic rings. The highest BCUT2D eigenvalue weighted by Gasteiger charge is 2.34. The quantitative estimate of drug-likeness (QED) is 0.332. The minimum absolute atomic E-state index is 0.239. The zero-order valence-electron chi connectivity index (χ0n) is 23.1. The zero-order chi connectivity index (χ0) is 28.7. The van der Waals surface area contributed by atoms with Crippen molar-refractivity contribution in [2.24, 2.45) is 0 Å². The third-order valence-corrected chi connectivity index (χ3v) is 9.17. The normalized spacial score (nSPS) is 21.0. The molecule has 2 saturated heterocycles. The summed E-state index contributed by atoms with van der Waals surface area (Å²) < 4.78 is 14.3. The number of rotatable bonds is 9. The summed E-state index contributed by atoms with van der Waals surface area (Å²) in [6.07, 6.45) is 6.82. The van der Waals surface area contributed by atoms with E-state index in [2.05, 4.69) is 37.2 Å². The van der Waals surface area contributed by atoms with Crippen LogP contribution in [0.2, 0.25) is 10.0 Å². The summed E-state index contributed by atoms with van der Waals surface area (Å²) in [5.74, 6) is 0.494. The Morgan fingerprint density at radius 3 is 2.44 bits per heavy atom. The number of hydrogen-bond acceptors (Lipinski definition) is 8. The average molecular weight is 602 g/mol. The van der Waals surface area contributed by atoms with Crippen molar-refractivity contribution in [3.05, 3.63) is 72.3 Å². The van der Waals surface area contributed by atoms with Gasteiger partial charge in [-0.1, -0.05) is 36.2 Å². The molecule has 0 amide bonds. The predicted molar refractivity (Wildman–Crippen MR) is 163 cm³/mol. The molecule has 11 heteroatoms. The molecule has 1 saturated carbocycles. The summed E-state index contributed by atoms with van der Waals surface area (Å²) in [6.45, 7) is 7.28. The fraction of sp³-hybridized carbons (Fsp3) is 0.500. The van der Waals surface area contributed by atoms with E-state index in [0.717, 1.165) is 70.6 Å². The maximum Gasteiger partial charge on any atom is 0.253 e. The molecule has 1 aromatic heterocycles. The number of nitrogens with zero attached hydrogens (tertiary/aromatic N) is 4. The highest BCUT2D eigenvalue weighted by molar-refractivity contribution is 6.33. The summed E-state index contributed by atoms with van der Waals surface area (Å²) in [6, 6.07) is 7.85. The second kappa shape index (κ2) is 11.9. The number of likely N-dealkylation sites (tertiary alicyclic amines) is 1. The minimum atomic E-state index is -0.516. The van der Waals surface area contributed by atoms with E-state index < -0.39 is 10.9 Å². The number of piperidine rings is 1. The number of pyridine rings is 1. The molecule has 1 aliphatic carbocycles. The molecule has 3 aliphatic rings. The smallest absolute Gasteiger partial charge is 0.253 e. The van der Waals surface area contributed by atoms with Crippen molar-refractivity contribution in [1.29, 1.82) is 0 Å². The van der Waals surface area contributed by atoms with E-state index in [0.29, 0.717) is 45.6 Å². The summed E-state index contributed by atoms with van der Waals surface area (Å²) in [5.41, 5.74) is 0.941. The van der Waals surface area contributed by atoms with Crippen molar-refractivity contribution in [1.82, 2.24) is 14.8 Å². The van der Waals surface area contributed by atoms with Gasteiger partial charge in [-0.25, -0.2) is 9.37 Å². The number of benzene rings is 1. The topological polar surface area (TPSA) is 80.8 Å². The molecular formula is C30H35Cl2FN6O2. The molecule has 3 fully saturated rings. The van der Waals surface area contributed by atoms with E-state index in [9.17, 15) is 14.0 Å². The Bertz CT molecular complexity index is 1480. The summed E-state index contributed by atoms with van der Waals surface area (Å²) in [7, 11) is 0. The summed E-state index contributed by atoms with van der Waals surface area (Å²) >= 11 is 12.6. The number of piperazine rings is 1. The van der Waals surface area contributed by atoms with Gasteiger partial charge >= 0.3 is 0 Å². The van der Waals surface area contributed by atoms with E-state index in [1.807, 2.05) is 0 Å². The standard InChI is InChI=1S/C30H35Cl2FN6O2/c1-2-22-17-38(11-12-39(22)23-7-9-37(10-8-23)16-18-3-4-19(31)13-25(18)33)30-24(32)14-21(15-34-30)36-27-26(28(40)29(27)41)35-20-5-6-20/h3-4,13-15,20,22-23,35-36H,2,5-12,16-17H2,1H3. The molecule has 0 radical (unpaired) electrons. The monoisotopic (exact) mass is 600 g/mol. The van der Waals surface area contributed by atoms with Crippen molar-refractivity contribution < 1.29 is 4.39 Å². The fourth-order valence-corrected chi connectivity index (χ4v) is 6.61. The molecule has 6 rings (SSSR count). The number of anilines is 4. The molecule has 2 aliphatic heterocycles. The molecular weight excluding hydrogens is 566 g/mol. The van der Waals surface area contributed by atoms with Crippen LogP contribution in [0, 0.1) is 5.82 Å². The fourth-order valence-electron chi connectivity index (χ4n) is 6.16. The van der Waals surface area contributed by atoms with Gasteiger partial charge in [-0.3, -0.25) is 19.4 Å². The van der Waals surface area contributed by atoms with Crippen LogP contribution in [0.1, 0.15) is 44.6 Å². The first-order valence-electron chi connectivity index (χ1n) is 14.5. The maximum absolute atomic E-state index is 14.3. The first kappa shape index (κ1) is 28.4. The van der Waals surface area contributed by atoms with E-state index in [-0.39, 0.29) is 17.5 Å². The van der Waals surface area contributed by atoms with E-state index >= 15 is 0 Å². The lowest BCUT2D eigenvalue weighted by molar-refractivity contribution is 0.0607. The van der Waals surface area contributed by atoms with Crippen molar-refractivity contribution in [2.75, 3.05) is 48.3 Å². The first-order valence-corrected chi connectivity index (χ1v) is 15.3. The molecule has 218 valence electrons. The predicted octanol–water partition coefficient (Wildman–Crippen LogP) is 5.01. The van der Waals surface area contributed by atoms with Gasteiger partial charge in [0.1, 0.15) is 23.0 Å². The van der Waals surface area contributed by atoms with Gasteiger partial charge in [-0.15, -0.1) is 0 Å². The van der Waals surface area contributed by atoms with E-state index in [1.165, 1.54) is 6.07 Å². The third-order valence-electron chi connectivity index (χ3n) is 8.66. The Balaban J connectivity index is 1.05. The van der Waals surface area contributed by atoms with Crippen LogP contribution in [-0.2, 0) is 6.54 Å². The number of halogens is 3. The highest BCUT2D eigenvalue weighted by atomic mass is 35.5. The SMILES string of the molecule is CCC1CN(c2ncc(Nc3c(NC4CC4)c(=O)c3=O)cc2Cl)CCN1C1CCN(Cc2ccc(Cl)cc2F)CC1. The molecule has 8 nitrogen and oxygen atoms in total. The Labute approximate surface area is 249 Å². The van der Waals surface area contributed by atoms with Gasteiger partial charge in [0.15, 0.2) is 0 Å². The lowest BCUT2D eigenvalue weighted by Gasteiger charge is -2.47. The summed E-state index contributed by atoms with van der Waals surface area (Å²) in [4.78, 5) is 36.0. The van der Waals surface area contributed by atoms with Gasteiger partial charge in [-0.05, 0) is 63.4 Å². The average Bonchev–Trinajstić information content (AvgIpc) is 3.81. The minimum Gasteiger partial charge on any atom is -0.377 e. The van der Waals surface area contributed by atoms with E-state index in [4.69, 9.17) is 23.2 Å². The lowest BCUT2D eigenvalue weighted by Crippen LogP contribution is -2.58. The van der Waals surface area contributed by atoms with Gasteiger partial charge < -0.3 is 15.5 Å². The van der Waals surface area contributed by atoms with Gasteiger partial charge in [0, 0.05) is 54.9 Å². The molecule has 0 spiro atoms. The molecule has 41 heavy (non-hydrogen) atoms. The van der Waals surface area contributed by atoms with Gasteiger partial charge in [0.05, 0.1) is 16.9 Å². The molecule has 2 aromatic carbocycles. The van der Waals surface area contributed by atoms with Gasteiger partial charge in [0.25, 0.3) is 10.9 Å². The van der Waals surface area contributed by atoms with Crippen molar-refractivity contribution in [3.8, 4) is 0 Å². The van der Waals surface area contributed by atoms with Crippen LogP contribution in [0.3, 0.4) is 0 Å². The Morgan fingerprint density at radius 1 is 1.00 bits per heavy atom. The first-order chi connectivity index (χ1) is 19.8. The largest absolute Gasteiger partial charge is 0.377 e. The lowest BCUT2D eigenvalue weighted by atomic mass is 9.97. The molecule has 3 heterocycles. The Hall–Kier alpha value is -2.72. The van der Waals surface area contributed by atoms with Crippen LogP contribution < -0.4 is 26.4 Å². The molecule has 0 bridgehead atoms. The number of nitrogens with one attached hydrogen (secondary N) is 2. The van der Waals surface area contributed by atoms with Crippen LogP contribution >= 0.6 is 23.2 Å². The van der Waals surface area contributed by atoms with Crippen LogP contribution in [0.25, 0.3) is 0 Å². The maximum atomic E-state index is 14.3. The van der Waals surface area contributed by atoms with Crippen molar-refractivity contribution >= 4 is 46.1 Å². The van der Waals surface area contributed by atoms with E-state index in [1.54, 1.807) is 24.4 Å². The van der Waals surface area contributed by atoms with Crippen molar-refractivity contribution in [3.63, 3.8) is 0 Å². The number of aromatic nitrogens is 1. The van der Waals surface area contributed by atoms with Crippen LogP contribution in [0.5, 0.6) is 0 Å². The highest BCUT2D eigenvalue weighted by Crippen LogP contribution is 2.33. The molecule has 2 N–H and O–H groups in total. The van der Waals surface area contributed by atoms with Gasteiger partial charge in [-0.2, -0.15) is 0 Å². The van der Waals surface area contributed by atoms with Crippen LogP contribution in [0.4, 0.5) is 27.3 Å². The third kappa shape index (κ3) is 6.09. The van der Waals surface area contributed by atoms with Crippen molar-refractivity contribution in [2.45, 2.75) is 63.7 Å². The van der Waals surface area contributed by atoms with Crippen LogP contribution in [0.15, 0.2) is 40.1 Å². The molecule has 1 unspecified atom stereocenters. The zero-order valence-corrected chi connectivity index (χ0v) is 24.6.